The van der Waals surface area contributed by atoms with Crippen LogP contribution in [0.3, 0.4) is 0 Å². The van der Waals surface area contributed by atoms with E-state index in [1.54, 1.807) is 0 Å². The summed E-state index contributed by atoms with van der Waals surface area (Å²) >= 11 is 0. The van der Waals surface area contributed by atoms with Crippen LogP contribution < -0.4 is 4.90 Å². The van der Waals surface area contributed by atoms with Gasteiger partial charge < -0.3 is 18.9 Å². The van der Waals surface area contributed by atoms with Crippen molar-refractivity contribution in [2.24, 2.45) is 11.8 Å². The topological polar surface area (TPSA) is 16.3 Å². The Hall–Kier alpha value is -9.12. The first-order valence-corrected chi connectivity index (χ1v) is 28.3. The fourth-order valence-electron chi connectivity index (χ4n) is 13.3. The fourth-order valence-corrected chi connectivity index (χ4v) is 13.3. The van der Waals surface area contributed by atoms with Crippen LogP contribution in [0.2, 0.25) is 0 Å². The average molecular weight is 1020 g/mol. The first-order chi connectivity index (χ1) is 38.9. The minimum Gasteiger partial charge on any atom is -0.339 e. The van der Waals surface area contributed by atoms with Gasteiger partial charge in [0.25, 0.3) is 0 Å². The molecule has 0 N–H and O–H groups in total. The number of hydrogen-bond donors (Lipinski definition) is 0. The molecule has 4 aliphatic carbocycles. The number of hydrogen-bond acceptors (Lipinski definition) is 2. The number of nitrogens with zero attached hydrogens (tertiary/aromatic N) is 4. The highest BCUT2D eigenvalue weighted by molar-refractivity contribution is 6.10. The minimum atomic E-state index is -0.308. The molecule has 0 saturated carbocycles. The van der Waals surface area contributed by atoms with Gasteiger partial charge in [-0.2, -0.15) is 0 Å². The van der Waals surface area contributed by atoms with Crippen molar-refractivity contribution in [2.75, 3.05) is 4.90 Å². The third-order valence-corrected chi connectivity index (χ3v) is 17.3. The zero-order valence-corrected chi connectivity index (χ0v) is 45.3. The molecular formula is C75H64N4. The number of rotatable bonds is 11. The van der Waals surface area contributed by atoms with Gasteiger partial charge in [-0.05, 0) is 157 Å². The average Bonchev–Trinajstić information content (AvgIpc) is 4.24. The summed E-state index contributed by atoms with van der Waals surface area (Å²) in [7, 11) is 0. The molecule has 4 aliphatic rings. The Labute approximate surface area is 464 Å². The Balaban J connectivity index is 0.828. The van der Waals surface area contributed by atoms with Crippen molar-refractivity contribution in [3.8, 4) is 11.4 Å². The molecule has 79 heavy (non-hydrogen) atoms. The van der Waals surface area contributed by atoms with Gasteiger partial charge in [0.2, 0.25) is 0 Å². The van der Waals surface area contributed by atoms with Crippen molar-refractivity contribution in [3.05, 3.63) is 300 Å². The lowest BCUT2D eigenvalue weighted by Crippen LogP contribution is -2.46. The lowest BCUT2D eigenvalue weighted by Gasteiger charge is -2.48. The highest BCUT2D eigenvalue weighted by Crippen LogP contribution is 2.48. The molecule has 2 heterocycles. The highest BCUT2D eigenvalue weighted by Gasteiger charge is 2.39. The summed E-state index contributed by atoms with van der Waals surface area (Å²) < 4.78 is 4.90. The van der Waals surface area contributed by atoms with Gasteiger partial charge in [0.1, 0.15) is 0 Å². The normalized spacial score (nSPS) is 19.7. The van der Waals surface area contributed by atoms with Gasteiger partial charge in [0.05, 0.1) is 22.1 Å². The molecule has 2 aromatic heterocycles. The zero-order chi connectivity index (χ0) is 53.0. The Morgan fingerprint density at radius 2 is 1.15 bits per heavy atom. The standard InChI is InChI=1S/C75H64N4/c1-52-48-64(40-42-65(52)58-22-10-5-11-23-58)79(73-51-69-67-29-17-19-31-71(67)78(74(69)49-53(73)2)60-26-14-7-15-27-60)75(3)46-44-57(45-47-75)56-34-38-62(39-35-56)76(61-36-32-55(33-37-61)54-20-8-4-9-21-54)63-41-43-72-68(50-63)66-28-16-18-30-70(66)77(72)59-24-12-6-13-25-59/h4-20,22-46,50-54H,21,47-49H2,1-3H3. The van der Waals surface area contributed by atoms with E-state index in [0.717, 1.165) is 48.4 Å². The second kappa shape index (κ2) is 20.0. The third-order valence-electron chi connectivity index (χ3n) is 17.3. The molecule has 0 saturated heterocycles. The molecular weight excluding hydrogens is 957 g/mol. The first-order valence-electron chi connectivity index (χ1n) is 28.3. The molecule has 10 aromatic rings. The lowest BCUT2D eigenvalue weighted by atomic mass is 9.80. The van der Waals surface area contributed by atoms with E-state index in [9.17, 15) is 0 Å². The predicted molar refractivity (Wildman–Crippen MR) is 333 cm³/mol. The molecule has 0 radical (unpaired) electrons. The van der Waals surface area contributed by atoms with E-state index < -0.39 is 0 Å². The molecule has 0 aliphatic heterocycles. The highest BCUT2D eigenvalue weighted by atomic mass is 15.2. The molecule has 384 valence electrons. The zero-order valence-electron chi connectivity index (χ0n) is 45.3. The van der Waals surface area contributed by atoms with E-state index in [4.69, 9.17) is 0 Å². The predicted octanol–water partition coefficient (Wildman–Crippen LogP) is 19.4. The van der Waals surface area contributed by atoms with E-state index in [-0.39, 0.29) is 11.5 Å². The Morgan fingerprint density at radius 3 is 1.82 bits per heavy atom. The molecule has 0 fully saturated rings. The van der Waals surface area contributed by atoms with E-state index in [2.05, 4.69) is 307 Å². The van der Waals surface area contributed by atoms with Gasteiger partial charge in [-0.1, -0.05) is 190 Å². The molecule has 14 rings (SSSR count). The van der Waals surface area contributed by atoms with Crippen molar-refractivity contribution in [3.63, 3.8) is 0 Å². The second-order valence-electron chi connectivity index (χ2n) is 22.4. The quantitative estimate of drug-likeness (QED) is 0.128. The van der Waals surface area contributed by atoms with Gasteiger partial charge in [0.15, 0.2) is 0 Å². The monoisotopic (exact) mass is 1020 g/mol. The summed E-state index contributed by atoms with van der Waals surface area (Å²) in [6.07, 6.45) is 27.5. The van der Waals surface area contributed by atoms with Gasteiger partial charge in [-0.25, -0.2) is 0 Å². The van der Waals surface area contributed by atoms with E-state index >= 15 is 0 Å². The molecule has 4 nitrogen and oxygen atoms in total. The molecule has 0 spiro atoms. The fraction of sp³-hybridized carbons (Fsp3) is 0.147. The smallest absolute Gasteiger partial charge is 0.0637 e. The van der Waals surface area contributed by atoms with Gasteiger partial charge in [0, 0.05) is 79.1 Å². The largest absolute Gasteiger partial charge is 0.339 e. The molecule has 4 unspecified atom stereocenters. The number of aromatic nitrogens is 2. The molecule has 4 atom stereocenters. The number of anilines is 3. The summed E-state index contributed by atoms with van der Waals surface area (Å²) in [5.41, 5.74) is 21.1. The van der Waals surface area contributed by atoms with Crippen LogP contribution in [0.4, 0.5) is 17.1 Å². The number of benzene rings is 8. The maximum absolute atomic E-state index is 2.75. The summed E-state index contributed by atoms with van der Waals surface area (Å²) in [5, 5.41) is 3.77. The summed E-state index contributed by atoms with van der Waals surface area (Å²) in [5.74, 6) is 1.03. The Kier molecular flexibility index (Phi) is 12.2. The molecule has 0 bridgehead atoms. The summed E-state index contributed by atoms with van der Waals surface area (Å²) in [6.45, 7) is 7.30. The summed E-state index contributed by atoms with van der Waals surface area (Å²) in [4.78, 5) is 5.17. The van der Waals surface area contributed by atoms with Crippen LogP contribution >= 0.6 is 0 Å². The first kappa shape index (κ1) is 48.3. The van der Waals surface area contributed by atoms with Crippen LogP contribution in [-0.2, 0) is 6.42 Å². The second-order valence-corrected chi connectivity index (χ2v) is 22.4. The lowest BCUT2D eigenvalue weighted by molar-refractivity contribution is 0.215. The Morgan fingerprint density at radius 1 is 0.532 bits per heavy atom. The van der Waals surface area contributed by atoms with Crippen LogP contribution in [0.5, 0.6) is 0 Å². The number of allylic oxidation sites excluding steroid dienone is 11. The number of fused-ring (bicyclic) bond motifs is 6. The molecule has 4 heteroatoms. The van der Waals surface area contributed by atoms with Crippen molar-refractivity contribution >= 4 is 67.0 Å². The van der Waals surface area contributed by atoms with Gasteiger partial charge in [-0.15, -0.1) is 0 Å². The van der Waals surface area contributed by atoms with E-state index in [1.807, 2.05) is 0 Å². The molecule has 8 aromatic carbocycles. The van der Waals surface area contributed by atoms with Crippen LogP contribution in [0.15, 0.2) is 272 Å². The van der Waals surface area contributed by atoms with Crippen LogP contribution in [0.1, 0.15) is 73.9 Å². The third kappa shape index (κ3) is 8.64. The van der Waals surface area contributed by atoms with Crippen molar-refractivity contribution in [2.45, 2.75) is 57.9 Å². The van der Waals surface area contributed by atoms with E-state index in [1.165, 1.54) is 88.9 Å². The number of para-hydroxylation sites is 4. The van der Waals surface area contributed by atoms with Crippen LogP contribution in [0, 0.1) is 11.8 Å². The van der Waals surface area contributed by atoms with Crippen LogP contribution in [0.25, 0.3) is 61.3 Å². The Bertz CT molecular complexity index is 4160. The maximum Gasteiger partial charge on any atom is 0.0637 e. The van der Waals surface area contributed by atoms with Crippen molar-refractivity contribution < 1.29 is 0 Å². The van der Waals surface area contributed by atoms with Crippen molar-refractivity contribution in [1.82, 2.24) is 14.0 Å². The molecule has 0 amide bonds. The van der Waals surface area contributed by atoms with E-state index in [0.29, 0.717) is 11.8 Å². The van der Waals surface area contributed by atoms with Crippen LogP contribution in [-0.4, -0.2) is 19.6 Å². The summed E-state index contributed by atoms with van der Waals surface area (Å²) in [6, 6.07) is 75.9. The van der Waals surface area contributed by atoms with Gasteiger partial charge >= 0.3 is 0 Å². The maximum atomic E-state index is 2.75. The van der Waals surface area contributed by atoms with Crippen molar-refractivity contribution in [1.29, 1.82) is 0 Å². The van der Waals surface area contributed by atoms with Gasteiger partial charge in [-0.3, -0.25) is 0 Å². The minimum absolute atomic E-state index is 0.279. The SMILES string of the molecule is CC1CC(N(C2=Cc3c(n(-c4ccccc4)c4ccccc34)CC2C)C2(C)C=CC(c3ccc(N(c4ccc(C5C=CC=CC5)cc4)c4ccc5c(c4)c4ccccc4n5-c4ccccc4)cc3)=CC2)=CC=C1c1ccccc1.